The molecule has 1 fully saturated rings. The van der Waals surface area contributed by atoms with Crippen LogP contribution in [0, 0.1) is 11.8 Å². The van der Waals surface area contributed by atoms with E-state index in [9.17, 15) is 0 Å². The number of nitrogens with zero attached hydrogens (tertiary/aromatic N) is 1. The molecule has 1 rings (SSSR count). The fourth-order valence-electron chi connectivity index (χ4n) is 2.72. The highest BCUT2D eigenvalue weighted by Crippen LogP contribution is 2.21. The maximum absolute atomic E-state index is 6.12. The van der Waals surface area contributed by atoms with Gasteiger partial charge in [-0.2, -0.15) is 0 Å². The van der Waals surface area contributed by atoms with Crippen LogP contribution in [0.25, 0.3) is 0 Å². The zero-order valence-electron chi connectivity index (χ0n) is 10.7. The number of nitrogens with two attached hydrogens (primary N) is 1. The number of hydrogen-bond acceptors (Lipinski definition) is 2. The lowest BCUT2D eigenvalue weighted by atomic mass is 9.90. The number of unbranched alkanes of at least 4 members (excludes halogenated alkanes) is 1. The largest absolute Gasteiger partial charge is 0.327 e. The molecule has 0 spiro atoms. The monoisotopic (exact) mass is 212 g/mol. The molecule has 1 aliphatic heterocycles. The van der Waals surface area contributed by atoms with Crippen LogP contribution >= 0.6 is 0 Å². The van der Waals surface area contributed by atoms with Crippen LogP contribution in [-0.2, 0) is 0 Å². The van der Waals surface area contributed by atoms with Crippen LogP contribution in [0.15, 0.2) is 0 Å². The van der Waals surface area contributed by atoms with Gasteiger partial charge in [-0.25, -0.2) is 0 Å². The van der Waals surface area contributed by atoms with E-state index < -0.39 is 0 Å². The van der Waals surface area contributed by atoms with Gasteiger partial charge in [-0.3, -0.25) is 0 Å². The number of piperidine rings is 1. The van der Waals surface area contributed by atoms with Crippen molar-refractivity contribution in [2.75, 3.05) is 19.6 Å². The highest BCUT2D eigenvalue weighted by Gasteiger charge is 2.24. The summed E-state index contributed by atoms with van der Waals surface area (Å²) in [6, 6.07) is 0.416. The topological polar surface area (TPSA) is 29.3 Å². The van der Waals surface area contributed by atoms with Crippen LogP contribution < -0.4 is 5.73 Å². The molecule has 1 aliphatic rings. The van der Waals surface area contributed by atoms with Crippen LogP contribution in [-0.4, -0.2) is 30.6 Å². The second-order valence-corrected chi connectivity index (χ2v) is 5.62. The minimum Gasteiger partial charge on any atom is -0.327 e. The third-order valence-electron chi connectivity index (χ3n) is 3.23. The SMILES string of the molecule is CCCCC1CC(N)CN(CC(C)C)C1. The molecule has 0 radical (unpaired) electrons. The lowest BCUT2D eigenvalue weighted by molar-refractivity contribution is 0.136. The summed E-state index contributed by atoms with van der Waals surface area (Å²) in [6.07, 6.45) is 5.30. The highest BCUT2D eigenvalue weighted by atomic mass is 15.1. The van der Waals surface area contributed by atoms with Gasteiger partial charge < -0.3 is 10.6 Å². The zero-order valence-corrected chi connectivity index (χ0v) is 10.7. The van der Waals surface area contributed by atoms with Crippen molar-refractivity contribution in [3.63, 3.8) is 0 Å². The van der Waals surface area contributed by atoms with Crippen molar-refractivity contribution in [3.8, 4) is 0 Å². The predicted octanol–water partition coefficient (Wildman–Crippen LogP) is 2.48. The van der Waals surface area contributed by atoms with E-state index in [-0.39, 0.29) is 0 Å². The average Bonchev–Trinajstić information content (AvgIpc) is 2.12. The van der Waals surface area contributed by atoms with Crippen molar-refractivity contribution in [1.29, 1.82) is 0 Å². The van der Waals surface area contributed by atoms with E-state index in [1.165, 1.54) is 38.8 Å². The molecule has 0 aromatic heterocycles. The van der Waals surface area contributed by atoms with Gasteiger partial charge in [0.1, 0.15) is 0 Å². The Morgan fingerprint density at radius 1 is 1.33 bits per heavy atom. The summed E-state index contributed by atoms with van der Waals surface area (Å²) < 4.78 is 0. The molecule has 2 nitrogen and oxygen atoms in total. The smallest absolute Gasteiger partial charge is 0.0170 e. The van der Waals surface area contributed by atoms with Gasteiger partial charge in [-0.05, 0) is 24.7 Å². The van der Waals surface area contributed by atoms with Crippen LogP contribution in [0.3, 0.4) is 0 Å². The van der Waals surface area contributed by atoms with Crippen molar-refractivity contribution >= 4 is 0 Å². The average molecular weight is 212 g/mol. The van der Waals surface area contributed by atoms with E-state index in [1.807, 2.05) is 0 Å². The fourth-order valence-corrected chi connectivity index (χ4v) is 2.72. The Morgan fingerprint density at radius 3 is 2.67 bits per heavy atom. The van der Waals surface area contributed by atoms with Crippen molar-refractivity contribution < 1.29 is 0 Å². The first-order valence-corrected chi connectivity index (χ1v) is 6.59. The minimum absolute atomic E-state index is 0.416. The van der Waals surface area contributed by atoms with Crippen LogP contribution in [0.4, 0.5) is 0 Å². The summed E-state index contributed by atoms with van der Waals surface area (Å²) in [5, 5.41) is 0. The van der Waals surface area contributed by atoms with Gasteiger partial charge in [-0.1, -0.05) is 33.6 Å². The molecule has 0 aliphatic carbocycles. The van der Waals surface area contributed by atoms with Crippen molar-refractivity contribution in [2.45, 2.75) is 52.5 Å². The molecule has 0 bridgehead atoms. The van der Waals surface area contributed by atoms with Gasteiger partial charge in [-0.15, -0.1) is 0 Å². The van der Waals surface area contributed by atoms with Crippen molar-refractivity contribution in [2.24, 2.45) is 17.6 Å². The Kier molecular flexibility index (Phi) is 5.62. The number of rotatable bonds is 5. The van der Waals surface area contributed by atoms with E-state index in [0.29, 0.717) is 6.04 Å². The summed E-state index contributed by atoms with van der Waals surface area (Å²) in [7, 11) is 0. The number of likely N-dealkylation sites (tertiary alicyclic amines) is 1. The molecular weight excluding hydrogens is 184 g/mol. The third-order valence-corrected chi connectivity index (χ3v) is 3.23. The molecule has 15 heavy (non-hydrogen) atoms. The molecular formula is C13H28N2. The molecule has 90 valence electrons. The second kappa shape index (κ2) is 6.49. The minimum atomic E-state index is 0.416. The van der Waals surface area contributed by atoms with Gasteiger partial charge in [0.2, 0.25) is 0 Å². The van der Waals surface area contributed by atoms with Crippen molar-refractivity contribution in [3.05, 3.63) is 0 Å². The Bertz CT molecular complexity index is 166. The maximum atomic E-state index is 6.12. The van der Waals surface area contributed by atoms with Gasteiger partial charge in [0.25, 0.3) is 0 Å². The molecule has 1 heterocycles. The molecule has 0 amide bonds. The van der Waals surface area contributed by atoms with Gasteiger partial charge in [0.05, 0.1) is 0 Å². The van der Waals surface area contributed by atoms with Crippen molar-refractivity contribution in [1.82, 2.24) is 4.90 Å². The normalized spacial score (nSPS) is 28.6. The van der Waals surface area contributed by atoms with Crippen LogP contribution in [0.1, 0.15) is 46.5 Å². The van der Waals surface area contributed by atoms with E-state index >= 15 is 0 Å². The first-order chi connectivity index (χ1) is 7.11. The first-order valence-electron chi connectivity index (χ1n) is 6.59. The maximum Gasteiger partial charge on any atom is 0.0170 e. The van der Waals surface area contributed by atoms with Gasteiger partial charge >= 0.3 is 0 Å². The Hall–Kier alpha value is -0.0800. The first kappa shape index (κ1) is 13.0. The number of hydrogen-bond donors (Lipinski definition) is 1. The van der Waals surface area contributed by atoms with Gasteiger partial charge in [0, 0.05) is 25.7 Å². The predicted molar refractivity (Wildman–Crippen MR) is 66.9 cm³/mol. The second-order valence-electron chi connectivity index (χ2n) is 5.62. The summed E-state index contributed by atoms with van der Waals surface area (Å²) in [6.45, 7) is 10.5. The highest BCUT2D eigenvalue weighted by molar-refractivity contribution is 4.81. The summed E-state index contributed by atoms with van der Waals surface area (Å²) in [4.78, 5) is 2.57. The summed E-state index contributed by atoms with van der Waals surface area (Å²) in [5.74, 6) is 1.62. The quantitative estimate of drug-likeness (QED) is 0.758. The molecule has 2 unspecified atom stereocenters. The Labute approximate surface area is 95.2 Å². The fraction of sp³-hybridized carbons (Fsp3) is 1.00. The van der Waals surface area contributed by atoms with Crippen LogP contribution in [0.5, 0.6) is 0 Å². The lowest BCUT2D eigenvalue weighted by Crippen LogP contribution is -2.48. The molecule has 0 aromatic rings. The third kappa shape index (κ3) is 4.98. The molecule has 1 saturated heterocycles. The van der Waals surface area contributed by atoms with E-state index in [1.54, 1.807) is 0 Å². The summed E-state index contributed by atoms with van der Waals surface area (Å²) in [5.41, 5.74) is 6.12. The molecule has 0 saturated carbocycles. The Balaban J connectivity index is 2.34. The molecule has 2 atom stereocenters. The van der Waals surface area contributed by atoms with E-state index in [4.69, 9.17) is 5.73 Å². The zero-order chi connectivity index (χ0) is 11.3. The molecule has 0 aromatic carbocycles. The standard InChI is InChI=1S/C13H28N2/c1-4-5-6-12-7-13(14)10-15(9-12)8-11(2)3/h11-13H,4-10,14H2,1-3H3. The van der Waals surface area contributed by atoms with E-state index in [0.717, 1.165) is 18.4 Å². The lowest BCUT2D eigenvalue weighted by Gasteiger charge is -2.37. The molecule has 2 heteroatoms. The molecule has 2 N–H and O–H groups in total. The van der Waals surface area contributed by atoms with Gasteiger partial charge in [0.15, 0.2) is 0 Å². The van der Waals surface area contributed by atoms with E-state index in [2.05, 4.69) is 25.7 Å². The van der Waals surface area contributed by atoms with Crippen LogP contribution in [0.2, 0.25) is 0 Å². The Morgan fingerprint density at radius 2 is 2.07 bits per heavy atom. The summed E-state index contributed by atoms with van der Waals surface area (Å²) >= 11 is 0.